The maximum Gasteiger partial charge on any atom is 0.248 e. The Morgan fingerprint density at radius 3 is 1.35 bits per heavy atom. The zero-order valence-electron chi connectivity index (χ0n) is 12.1. The molecule has 23 heavy (non-hydrogen) atoms. The predicted molar refractivity (Wildman–Crippen MR) is 83.2 cm³/mol. The highest BCUT2D eigenvalue weighted by Gasteiger charge is 2.22. The van der Waals surface area contributed by atoms with E-state index in [2.05, 4.69) is 5.32 Å². The van der Waals surface area contributed by atoms with E-state index in [9.17, 15) is 19.8 Å². The molecule has 7 N–H and O–H groups in total. The number of phenolic OH excluding ortho intramolecular Hbond substituents is 2. The largest absolute Gasteiger partial charge is 0.508 e. The molecule has 0 saturated carbocycles. The molecule has 0 fully saturated rings. The van der Waals surface area contributed by atoms with Crippen molar-refractivity contribution in [3.8, 4) is 11.5 Å². The fourth-order valence-corrected chi connectivity index (χ4v) is 1.94. The molecular weight excluding hydrogens is 298 g/mol. The van der Waals surface area contributed by atoms with Crippen LogP contribution in [0.3, 0.4) is 0 Å². The topological polar surface area (TPSA) is 139 Å². The zero-order valence-corrected chi connectivity index (χ0v) is 12.1. The molecule has 2 aromatic rings. The molecule has 0 aliphatic rings. The Bertz CT molecular complexity index is 637. The third-order valence-corrected chi connectivity index (χ3v) is 3.32. The maximum atomic E-state index is 12.0. The Hall–Kier alpha value is -2.90. The van der Waals surface area contributed by atoms with Crippen molar-refractivity contribution in [3.05, 3.63) is 59.7 Å². The highest BCUT2D eigenvalue weighted by molar-refractivity contribution is 6.00. The van der Waals surface area contributed by atoms with E-state index in [0.717, 1.165) is 0 Å². The van der Waals surface area contributed by atoms with Gasteiger partial charge in [-0.1, -0.05) is 24.3 Å². The highest BCUT2D eigenvalue weighted by atomic mass is 16.3. The lowest BCUT2D eigenvalue weighted by Crippen LogP contribution is -2.42. The average Bonchev–Trinajstić information content (AvgIpc) is 2.54. The third-order valence-electron chi connectivity index (χ3n) is 3.32. The number of carbonyl (C=O) groups excluding carboxylic acids is 2. The minimum Gasteiger partial charge on any atom is -0.508 e. The van der Waals surface area contributed by atoms with Crippen molar-refractivity contribution < 1.29 is 19.8 Å². The number of phenols is 2. The van der Waals surface area contributed by atoms with E-state index in [1.165, 1.54) is 48.5 Å². The number of nitrogens with two attached hydrogens (primary N) is 2. The lowest BCUT2D eigenvalue weighted by molar-refractivity contribution is -0.132. The van der Waals surface area contributed by atoms with Crippen LogP contribution in [0.4, 0.5) is 0 Å². The van der Waals surface area contributed by atoms with Crippen molar-refractivity contribution in [2.24, 2.45) is 11.5 Å². The molecule has 2 atom stereocenters. The number of imide groups is 1. The Morgan fingerprint density at radius 1 is 0.739 bits per heavy atom. The SMILES string of the molecule is NC(C(=O)NC(=O)C(N)c1ccc(O)cc1)c1ccc(O)cc1. The van der Waals surface area contributed by atoms with Gasteiger partial charge in [0.25, 0.3) is 0 Å². The van der Waals surface area contributed by atoms with E-state index < -0.39 is 23.9 Å². The molecule has 0 aliphatic carbocycles. The van der Waals surface area contributed by atoms with Gasteiger partial charge in [-0.2, -0.15) is 0 Å². The molecule has 0 heterocycles. The van der Waals surface area contributed by atoms with Crippen LogP contribution in [-0.2, 0) is 9.59 Å². The van der Waals surface area contributed by atoms with Gasteiger partial charge in [0.15, 0.2) is 0 Å². The molecule has 7 heteroatoms. The van der Waals surface area contributed by atoms with Crippen molar-refractivity contribution in [1.29, 1.82) is 0 Å². The number of rotatable bonds is 4. The van der Waals surface area contributed by atoms with Crippen LogP contribution < -0.4 is 16.8 Å². The molecule has 0 radical (unpaired) electrons. The second kappa shape index (κ2) is 6.91. The van der Waals surface area contributed by atoms with Gasteiger partial charge in [0.2, 0.25) is 11.8 Å². The second-order valence-corrected chi connectivity index (χ2v) is 4.99. The number of benzene rings is 2. The van der Waals surface area contributed by atoms with Crippen molar-refractivity contribution in [3.63, 3.8) is 0 Å². The van der Waals surface area contributed by atoms with E-state index in [1.807, 2.05) is 0 Å². The highest BCUT2D eigenvalue weighted by Crippen LogP contribution is 2.17. The second-order valence-electron chi connectivity index (χ2n) is 4.99. The van der Waals surface area contributed by atoms with Gasteiger partial charge in [-0.05, 0) is 35.4 Å². The van der Waals surface area contributed by atoms with Crippen molar-refractivity contribution >= 4 is 11.8 Å². The summed E-state index contributed by atoms with van der Waals surface area (Å²) in [5, 5.41) is 20.6. The first-order valence-corrected chi connectivity index (χ1v) is 6.82. The Balaban J connectivity index is 2.02. The summed E-state index contributed by atoms with van der Waals surface area (Å²) in [6.07, 6.45) is 0. The first-order chi connectivity index (χ1) is 10.9. The normalized spacial score (nSPS) is 13.1. The van der Waals surface area contributed by atoms with E-state index >= 15 is 0 Å². The maximum absolute atomic E-state index is 12.0. The van der Waals surface area contributed by atoms with Crippen LogP contribution in [0.5, 0.6) is 11.5 Å². The van der Waals surface area contributed by atoms with Crippen LogP contribution in [0.2, 0.25) is 0 Å². The average molecular weight is 315 g/mol. The van der Waals surface area contributed by atoms with E-state index in [-0.39, 0.29) is 11.5 Å². The smallest absolute Gasteiger partial charge is 0.248 e. The number of amides is 2. The molecule has 2 aromatic carbocycles. The number of hydrogen-bond acceptors (Lipinski definition) is 6. The molecule has 0 aliphatic heterocycles. The summed E-state index contributed by atoms with van der Waals surface area (Å²) < 4.78 is 0. The van der Waals surface area contributed by atoms with Gasteiger partial charge in [-0.25, -0.2) is 0 Å². The van der Waals surface area contributed by atoms with Gasteiger partial charge in [-0.3, -0.25) is 14.9 Å². The Labute approximate surface area is 132 Å². The van der Waals surface area contributed by atoms with Crippen molar-refractivity contribution in [2.75, 3.05) is 0 Å². The first kappa shape index (κ1) is 16.5. The van der Waals surface area contributed by atoms with E-state index in [0.29, 0.717) is 11.1 Å². The van der Waals surface area contributed by atoms with Crippen LogP contribution in [-0.4, -0.2) is 22.0 Å². The summed E-state index contributed by atoms with van der Waals surface area (Å²) in [6.45, 7) is 0. The van der Waals surface area contributed by atoms with Gasteiger partial charge in [-0.15, -0.1) is 0 Å². The van der Waals surface area contributed by atoms with Crippen LogP contribution in [0.15, 0.2) is 48.5 Å². The molecule has 2 unspecified atom stereocenters. The predicted octanol–water partition coefficient (Wildman–Crippen LogP) is 0.440. The van der Waals surface area contributed by atoms with Crippen molar-refractivity contribution in [1.82, 2.24) is 5.32 Å². The minimum atomic E-state index is -1.06. The van der Waals surface area contributed by atoms with Crippen LogP contribution in [0.25, 0.3) is 0 Å². The Morgan fingerprint density at radius 2 is 1.04 bits per heavy atom. The van der Waals surface area contributed by atoms with Gasteiger partial charge >= 0.3 is 0 Å². The Kier molecular flexibility index (Phi) is 4.95. The standard InChI is InChI=1S/C16H17N3O4/c17-13(9-1-5-11(20)6-2-9)15(22)19-16(23)14(18)10-3-7-12(21)8-4-10/h1-8,13-14,20-21H,17-18H2,(H,19,22,23). The molecular formula is C16H17N3O4. The van der Waals surface area contributed by atoms with E-state index in [4.69, 9.17) is 11.5 Å². The fraction of sp³-hybridized carbons (Fsp3) is 0.125. The number of nitrogens with one attached hydrogen (secondary N) is 1. The zero-order chi connectivity index (χ0) is 17.0. The van der Waals surface area contributed by atoms with E-state index in [1.54, 1.807) is 0 Å². The van der Waals surface area contributed by atoms with Gasteiger partial charge in [0.05, 0.1) is 0 Å². The third kappa shape index (κ3) is 4.06. The summed E-state index contributed by atoms with van der Waals surface area (Å²) in [5.41, 5.74) is 12.5. The quantitative estimate of drug-likeness (QED) is 0.555. The molecule has 0 saturated heterocycles. The van der Waals surface area contributed by atoms with Gasteiger partial charge in [0, 0.05) is 0 Å². The van der Waals surface area contributed by atoms with Gasteiger partial charge in [0.1, 0.15) is 23.6 Å². The van der Waals surface area contributed by atoms with Gasteiger partial charge < -0.3 is 21.7 Å². The summed E-state index contributed by atoms with van der Waals surface area (Å²) in [4.78, 5) is 24.0. The summed E-state index contributed by atoms with van der Waals surface area (Å²) in [7, 11) is 0. The van der Waals surface area contributed by atoms with Crippen LogP contribution in [0.1, 0.15) is 23.2 Å². The molecule has 7 nitrogen and oxygen atoms in total. The monoisotopic (exact) mass is 315 g/mol. The minimum absolute atomic E-state index is 0.0480. The lowest BCUT2D eigenvalue weighted by atomic mass is 10.1. The number of aromatic hydroxyl groups is 2. The molecule has 2 amide bonds. The molecule has 0 bridgehead atoms. The summed E-state index contributed by atoms with van der Waals surface area (Å²) in [5.74, 6) is -1.30. The summed E-state index contributed by atoms with van der Waals surface area (Å²) in [6, 6.07) is 9.41. The summed E-state index contributed by atoms with van der Waals surface area (Å²) >= 11 is 0. The first-order valence-electron chi connectivity index (χ1n) is 6.82. The molecule has 120 valence electrons. The fourth-order valence-electron chi connectivity index (χ4n) is 1.94. The molecule has 2 rings (SSSR count). The molecule has 0 spiro atoms. The van der Waals surface area contributed by atoms with Crippen LogP contribution >= 0.6 is 0 Å². The lowest BCUT2D eigenvalue weighted by Gasteiger charge is -2.15. The number of hydrogen-bond donors (Lipinski definition) is 5. The number of carbonyl (C=O) groups is 2. The molecule has 0 aromatic heterocycles. The van der Waals surface area contributed by atoms with Crippen LogP contribution in [0, 0.1) is 0 Å². The van der Waals surface area contributed by atoms with Crippen molar-refractivity contribution in [2.45, 2.75) is 12.1 Å².